The fourth-order valence-corrected chi connectivity index (χ4v) is 2.05. The normalized spacial score (nSPS) is 10.2. The summed E-state index contributed by atoms with van der Waals surface area (Å²) in [5.74, 6) is 0. The van der Waals surface area contributed by atoms with Crippen LogP contribution in [0.4, 0.5) is 0 Å². The summed E-state index contributed by atoms with van der Waals surface area (Å²) in [6.45, 7) is 4.18. The van der Waals surface area contributed by atoms with Crippen molar-refractivity contribution in [3.8, 4) is 6.07 Å². The third kappa shape index (κ3) is 2.95. The predicted octanol–water partition coefficient (Wildman–Crippen LogP) is 2.51. The summed E-state index contributed by atoms with van der Waals surface area (Å²) in [5.41, 5.74) is 2.43. The largest absolute Gasteiger partial charge is 0.356 e. The lowest BCUT2D eigenvalue weighted by Gasteiger charge is -2.12. The van der Waals surface area contributed by atoms with Crippen molar-refractivity contribution in [2.24, 2.45) is 0 Å². The highest BCUT2D eigenvalue weighted by atomic mass is 16.5. The first kappa shape index (κ1) is 14.0. The maximum atomic E-state index is 12.1. The molecule has 102 valence electrons. The molecule has 4 heteroatoms. The standard InChI is InChI=1S/C16H16N2O2/c1-12-8-13(2)18(16(19)15(12)9-17)11-20-10-14-6-4-3-5-7-14/h3-8H,10-11H2,1-2H3. The van der Waals surface area contributed by atoms with E-state index in [9.17, 15) is 4.79 Å². The molecule has 0 radical (unpaired) electrons. The molecule has 0 amide bonds. The number of nitrogens with zero attached hydrogens (tertiary/aromatic N) is 2. The molecule has 0 aliphatic rings. The molecule has 0 spiro atoms. The van der Waals surface area contributed by atoms with E-state index < -0.39 is 0 Å². The highest BCUT2D eigenvalue weighted by Gasteiger charge is 2.09. The fourth-order valence-electron chi connectivity index (χ4n) is 2.05. The minimum absolute atomic E-state index is 0.147. The summed E-state index contributed by atoms with van der Waals surface area (Å²) in [5, 5.41) is 9.01. The highest BCUT2D eigenvalue weighted by Crippen LogP contribution is 2.06. The van der Waals surface area contributed by atoms with Gasteiger partial charge in [0.25, 0.3) is 5.56 Å². The molecule has 0 aliphatic carbocycles. The molecule has 4 nitrogen and oxygen atoms in total. The smallest absolute Gasteiger partial charge is 0.270 e. The van der Waals surface area contributed by atoms with Crippen LogP contribution in [0.1, 0.15) is 22.4 Å². The Morgan fingerprint density at radius 2 is 1.95 bits per heavy atom. The molecule has 0 saturated heterocycles. The van der Waals surface area contributed by atoms with Gasteiger partial charge < -0.3 is 4.74 Å². The zero-order valence-electron chi connectivity index (χ0n) is 11.6. The monoisotopic (exact) mass is 268 g/mol. The van der Waals surface area contributed by atoms with Gasteiger partial charge in [0.05, 0.1) is 6.61 Å². The number of rotatable bonds is 4. The number of benzene rings is 1. The van der Waals surface area contributed by atoms with Gasteiger partial charge in [0.2, 0.25) is 0 Å². The summed E-state index contributed by atoms with van der Waals surface area (Å²) in [6.07, 6.45) is 0. The molecule has 0 N–H and O–H groups in total. The van der Waals surface area contributed by atoms with E-state index in [2.05, 4.69) is 0 Å². The summed E-state index contributed by atoms with van der Waals surface area (Å²) >= 11 is 0. The van der Waals surface area contributed by atoms with E-state index in [0.29, 0.717) is 12.2 Å². The van der Waals surface area contributed by atoms with Crippen LogP contribution in [0.25, 0.3) is 0 Å². The van der Waals surface area contributed by atoms with Crippen LogP contribution < -0.4 is 5.56 Å². The summed E-state index contributed by atoms with van der Waals surface area (Å²) < 4.78 is 7.04. The Labute approximate surface area is 117 Å². The van der Waals surface area contributed by atoms with E-state index in [0.717, 1.165) is 11.3 Å². The second-order valence-electron chi connectivity index (χ2n) is 4.65. The van der Waals surface area contributed by atoms with Crippen LogP contribution in [0.5, 0.6) is 0 Å². The number of hydrogen-bond acceptors (Lipinski definition) is 3. The average Bonchev–Trinajstić information content (AvgIpc) is 2.44. The van der Waals surface area contributed by atoms with Crippen LogP contribution >= 0.6 is 0 Å². The third-order valence-electron chi connectivity index (χ3n) is 3.15. The lowest BCUT2D eigenvalue weighted by molar-refractivity contribution is 0.0604. The molecule has 20 heavy (non-hydrogen) atoms. The van der Waals surface area contributed by atoms with Gasteiger partial charge in [-0.1, -0.05) is 30.3 Å². The van der Waals surface area contributed by atoms with Gasteiger partial charge in [-0.3, -0.25) is 9.36 Å². The summed E-state index contributed by atoms with van der Waals surface area (Å²) in [6, 6.07) is 13.5. The van der Waals surface area contributed by atoms with Crippen molar-refractivity contribution in [1.82, 2.24) is 4.57 Å². The maximum absolute atomic E-state index is 12.1. The number of aromatic nitrogens is 1. The van der Waals surface area contributed by atoms with Gasteiger partial charge in [-0.25, -0.2) is 0 Å². The highest BCUT2D eigenvalue weighted by molar-refractivity contribution is 5.35. The molecule has 0 bridgehead atoms. The Balaban J connectivity index is 2.15. The van der Waals surface area contributed by atoms with Crippen molar-refractivity contribution in [3.05, 3.63) is 69.1 Å². The van der Waals surface area contributed by atoms with Gasteiger partial charge in [0.15, 0.2) is 0 Å². The van der Waals surface area contributed by atoms with Crippen molar-refractivity contribution in [2.75, 3.05) is 0 Å². The van der Waals surface area contributed by atoms with Gasteiger partial charge in [-0.2, -0.15) is 5.26 Å². The van der Waals surface area contributed by atoms with Gasteiger partial charge in [-0.15, -0.1) is 0 Å². The zero-order chi connectivity index (χ0) is 14.5. The van der Waals surface area contributed by atoms with E-state index >= 15 is 0 Å². The van der Waals surface area contributed by atoms with Crippen molar-refractivity contribution in [3.63, 3.8) is 0 Å². The lowest BCUT2D eigenvalue weighted by atomic mass is 10.1. The van der Waals surface area contributed by atoms with E-state index in [1.54, 1.807) is 6.92 Å². The van der Waals surface area contributed by atoms with E-state index in [-0.39, 0.29) is 17.9 Å². The van der Waals surface area contributed by atoms with Crippen molar-refractivity contribution >= 4 is 0 Å². The summed E-state index contributed by atoms with van der Waals surface area (Å²) in [7, 11) is 0. The molecule has 2 aromatic rings. The Morgan fingerprint density at radius 3 is 2.60 bits per heavy atom. The minimum Gasteiger partial charge on any atom is -0.356 e. The number of ether oxygens (including phenoxy) is 1. The first-order valence-electron chi connectivity index (χ1n) is 6.36. The Morgan fingerprint density at radius 1 is 1.25 bits per heavy atom. The van der Waals surface area contributed by atoms with Crippen molar-refractivity contribution in [1.29, 1.82) is 5.26 Å². The Kier molecular flexibility index (Phi) is 4.34. The number of pyridine rings is 1. The second kappa shape index (κ2) is 6.18. The minimum atomic E-state index is -0.293. The third-order valence-corrected chi connectivity index (χ3v) is 3.15. The van der Waals surface area contributed by atoms with Crippen molar-refractivity contribution in [2.45, 2.75) is 27.2 Å². The fraction of sp³-hybridized carbons (Fsp3) is 0.250. The van der Waals surface area contributed by atoms with Gasteiger partial charge in [0, 0.05) is 5.69 Å². The quantitative estimate of drug-likeness (QED) is 0.856. The van der Waals surface area contributed by atoms with Gasteiger partial charge >= 0.3 is 0 Å². The average molecular weight is 268 g/mol. The molecular weight excluding hydrogens is 252 g/mol. The molecule has 0 atom stereocenters. The predicted molar refractivity (Wildman–Crippen MR) is 76.1 cm³/mol. The van der Waals surface area contributed by atoms with Gasteiger partial charge in [-0.05, 0) is 31.0 Å². The molecule has 1 aromatic heterocycles. The molecule has 0 saturated carbocycles. The SMILES string of the molecule is Cc1cc(C)n(COCc2ccccc2)c(=O)c1C#N. The lowest BCUT2D eigenvalue weighted by Crippen LogP contribution is -2.26. The molecule has 0 fully saturated rings. The topological polar surface area (TPSA) is 55.0 Å². The molecule has 0 unspecified atom stereocenters. The van der Waals surface area contributed by atoms with Crippen LogP contribution in [-0.2, 0) is 18.1 Å². The van der Waals surface area contributed by atoms with Gasteiger partial charge in [0.1, 0.15) is 18.4 Å². The van der Waals surface area contributed by atoms with Crippen LogP contribution in [0.15, 0.2) is 41.2 Å². The molecule has 1 aromatic carbocycles. The number of hydrogen-bond donors (Lipinski definition) is 0. The number of aryl methyl sites for hydroxylation is 2. The van der Waals surface area contributed by atoms with Crippen LogP contribution in [0.2, 0.25) is 0 Å². The van der Waals surface area contributed by atoms with Crippen LogP contribution in [0, 0.1) is 25.2 Å². The Bertz CT molecular complexity index is 697. The van der Waals surface area contributed by atoms with Crippen molar-refractivity contribution < 1.29 is 4.74 Å². The molecule has 1 heterocycles. The van der Waals surface area contributed by atoms with Crippen LogP contribution in [-0.4, -0.2) is 4.57 Å². The molecular formula is C16H16N2O2. The van der Waals surface area contributed by atoms with E-state index in [1.165, 1.54) is 4.57 Å². The molecule has 0 aliphatic heterocycles. The summed E-state index contributed by atoms with van der Waals surface area (Å²) in [4.78, 5) is 12.1. The molecule has 2 rings (SSSR count). The Hall–Kier alpha value is -2.38. The van der Waals surface area contributed by atoms with Crippen LogP contribution in [0.3, 0.4) is 0 Å². The second-order valence-corrected chi connectivity index (χ2v) is 4.65. The first-order chi connectivity index (χ1) is 9.63. The van der Waals surface area contributed by atoms with E-state index in [1.807, 2.05) is 49.4 Å². The first-order valence-corrected chi connectivity index (χ1v) is 6.36. The zero-order valence-corrected chi connectivity index (χ0v) is 11.6. The maximum Gasteiger partial charge on any atom is 0.270 e. The van der Waals surface area contributed by atoms with E-state index in [4.69, 9.17) is 10.00 Å². The number of nitriles is 1.